The molecule has 7 heteroatoms. The summed E-state index contributed by atoms with van der Waals surface area (Å²) in [5.41, 5.74) is 7.16. The van der Waals surface area contributed by atoms with Crippen LogP contribution >= 0.6 is 0 Å². The van der Waals surface area contributed by atoms with Crippen LogP contribution in [0.4, 0.5) is 5.69 Å². The van der Waals surface area contributed by atoms with E-state index in [1.165, 1.54) is 9.58 Å². The summed E-state index contributed by atoms with van der Waals surface area (Å²) >= 11 is 0. The number of rotatable bonds is 1. The van der Waals surface area contributed by atoms with Crippen LogP contribution in [0.25, 0.3) is 0 Å². The molecule has 0 aliphatic carbocycles. The predicted octanol–water partition coefficient (Wildman–Crippen LogP) is -1.12. The van der Waals surface area contributed by atoms with E-state index in [4.69, 9.17) is 5.73 Å². The molecule has 0 saturated carbocycles. The monoisotopic (exact) mass is 237 g/mol. The SMILES string of the molecule is Cc1nn(C)c(C(=O)N2CCNC(=O)C2)c1N. The number of nitrogen functional groups attached to an aromatic ring is 1. The first-order valence-corrected chi connectivity index (χ1v) is 5.35. The number of nitrogens with two attached hydrogens (primary N) is 1. The van der Waals surface area contributed by atoms with Gasteiger partial charge in [0.1, 0.15) is 5.69 Å². The fourth-order valence-electron chi connectivity index (χ4n) is 1.89. The van der Waals surface area contributed by atoms with Gasteiger partial charge in [0, 0.05) is 20.1 Å². The minimum Gasteiger partial charge on any atom is -0.395 e. The molecular formula is C10H15N5O2. The van der Waals surface area contributed by atoms with Crippen molar-refractivity contribution in [3.05, 3.63) is 11.4 Å². The van der Waals surface area contributed by atoms with Gasteiger partial charge in [-0.15, -0.1) is 0 Å². The van der Waals surface area contributed by atoms with Crippen LogP contribution < -0.4 is 11.1 Å². The Kier molecular flexibility index (Phi) is 2.74. The molecule has 7 nitrogen and oxygen atoms in total. The normalized spacial score (nSPS) is 15.9. The van der Waals surface area contributed by atoms with Gasteiger partial charge in [-0.3, -0.25) is 14.3 Å². The van der Waals surface area contributed by atoms with E-state index in [-0.39, 0.29) is 18.4 Å². The molecule has 1 fully saturated rings. The lowest BCUT2D eigenvalue weighted by Gasteiger charge is -2.26. The van der Waals surface area contributed by atoms with Crippen LogP contribution in [0.2, 0.25) is 0 Å². The topological polar surface area (TPSA) is 93.2 Å². The smallest absolute Gasteiger partial charge is 0.274 e. The molecule has 0 atom stereocenters. The number of anilines is 1. The summed E-state index contributed by atoms with van der Waals surface area (Å²) < 4.78 is 1.46. The number of hydrogen-bond acceptors (Lipinski definition) is 4. The zero-order valence-corrected chi connectivity index (χ0v) is 9.86. The molecule has 92 valence electrons. The number of aryl methyl sites for hydroxylation is 2. The zero-order chi connectivity index (χ0) is 12.6. The second kappa shape index (κ2) is 4.08. The van der Waals surface area contributed by atoms with E-state index in [1.807, 2.05) is 0 Å². The molecular weight excluding hydrogens is 222 g/mol. The predicted molar refractivity (Wildman–Crippen MR) is 61.3 cm³/mol. The highest BCUT2D eigenvalue weighted by molar-refractivity contribution is 6.00. The van der Waals surface area contributed by atoms with Gasteiger partial charge in [0.2, 0.25) is 5.91 Å². The van der Waals surface area contributed by atoms with E-state index in [0.29, 0.717) is 30.2 Å². The van der Waals surface area contributed by atoms with Gasteiger partial charge in [-0.2, -0.15) is 5.10 Å². The van der Waals surface area contributed by atoms with Crippen molar-refractivity contribution in [3.8, 4) is 0 Å². The third-order valence-electron chi connectivity index (χ3n) is 2.80. The van der Waals surface area contributed by atoms with Crippen LogP contribution in [-0.2, 0) is 11.8 Å². The molecule has 2 rings (SSSR count). The standard InChI is InChI=1S/C10H15N5O2/c1-6-8(11)9(14(2)13-6)10(17)15-4-3-12-7(16)5-15/h3-5,11H2,1-2H3,(H,12,16). The number of aromatic nitrogens is 2. The van der Waals surface area contributed by atoms with Gasteiger partial charge in [-0.25, -0.2) is 0 Å². The van der Waals surface area contributed by atoms with Crippen LogP contribution in [0.5, 0.6) is 0 Å². The fraction of sp³-hybridized carbons (Fsp3) is 0.500. The van der Waals surface area contributed by atoms with E-state index in [1.54, 1.807) is 14.0 Å². The van der Waals surface area contributed by atoms with E-state index in [0.717, 1.165) is 0 Å². The zero-order valence-electron chi connectivity index (χ0n) is 9.86. The van der Waals surface area contributed by atoms with Gasteiger partial charge >= 0.3 is 0 Å². The minimum atomic E-state index is -0.250. The van der Waals surface area contributed by atoms with Crippen molar-refractivity contribution in [1.29, 1.82) is 0 Å². The maximum absolute atomic E-state index is 12.2. The van der Waals surface area contributed by atoms with Gasteiger partial charge < -0.3 is 16.0 Å². The van der Waals surface area contributed by atoms with Crippen LogP contribution in [0.15, 0.2) is 0 Å². The van der Waals surface area contributed by atoms with Gasteiger partial charge in [0.15, 0.2) is 0 Å². The van der Waals surface area contributed by atoms with Crippen LogP contribution in [0, 0.1) is 6.92 Å². The van der Waals surface area contributed by atoms with Crippen molar-refractivity contribution in [2.45, 2.75) is 6.92 Å². The molecule has 0 spiro atoms. The average Bonchev–Trinajstić information content (AvgIpc) is 2.52. The lowest BCUT2D eigenvalue weighted by Crippen LogP contribution is -2.50. The van der Waals surface area contributed by atoms with Gasteiger partial charge in [-0.05, 0) is 6.92 Å². The van der Waals surface area contributed by atoms with Gasteiger partial charge in [-0.1, -0.05) is 0 Å². The summed E-state index contributed by atoms with van der Waals surface area (Å²) in [6.07, 6.45) is 0. The van der Waals surface area contributed by atoms with E-state index in [9.17, 15) is 9.59 Å². The fourth-order valence-corrected chi connectivity index (χ4v) is 1.89. The van der Waals surface area contributed by atoms with Crippen LogP contribution in [-0.4, -0.2) is 46.1 Å². The van der Waals surface area contributed by atoms with Crippen molar-refractivity contribution < 1.29 is 9.59 Å². The van der Waals surface area contributed by atoms with Crippen LogP contribution in [0.1, 0.15) is 16.2 Å². The van der Waals surface area contributed by atoms with Gasteiger partial charge in [0.05, 0.1) is 17.9 Å². The van der Waals surface area contributed by atoms with E-state index < -0.39 is 0 Å². The highest BCUT2D eigenvalue weighted by atomic mass is 16.2. The summed E-state index contributed by atoms with van der Waals surface area (Å²) in [4.78, 5) is 24.9. The van der Waals surface area contributed by atoms with Gasteiger partial charge in [0.25, 0.3) is 5.91 Å². The molecule has 0 aromatic carbocycles. The summed E-state index contributed by atoms with van der Waals surface area (Å²) in [5, 5.41) is 6.76. The Morgan fingerprint density at radius 2 is 2.24 bits per heavy atom. The quantitative estimate of drug-likeness (QED) is 0.647. The number of nitrogens with one attached hydrogen (secondary N) is 1. The Morgan fingerprint density at radius 3 is 2.76 bits per heavy atom. The number of hydrogen-bond donors (Lipinski definition) is 2. The number of amides is 2. The highest BCUT2D eigenvalue weighted by Gasteiger charge is 2.27. The second-order valence-corrected chi connectivity index (χ2v) is 4.05. The lowest BCUT2D eigenvalue weighted by atomic mass is 10.2. The van der Waals surface area contributed by atoms with E-state index >= 15 is 0 Å². The van der Waals surface area contributed by atoms with Crippen molar-refractivity contribution in [2.24, 2.45) is 7.05 Å². The summed E-state index contributed by atoms with van der Waals surface area (Å²) in [6.45, 7) is 2.78. The molecule has 1 aliphatic heterocycles. The maximum Gasteiger partial charge on any atom is 0.274 e. The first kappa shape index (κ1) is 11.4. The van der Waals surface area contributed by atoms with E-state index in [2.05, 4.69) is 10.4 Å². The number of carbonyl (C=O) groups excluding carboxylic acids is 2. The molecule has 1 aromatic rings. The Labute approximate surface area is 98.6 Å². The summed E-state index contributed by atoms with van der Waals surface area (Å²) in [6, 6.07) is 0. The Balaban J connectivity index is 2.27. The molecule has 0 radical (unpaired) electrons. The Morgan fingerprint density at radius 1 is 1.53 bits per heavy atom. The first-order valence-electron chi connectivity index (χ1n) is 5.35. The number of piperazine rings is 1. The third-order valence-corrected chi connectivity index (χ3v) is 2.80. The molecule has 1 saturated heterocycles. The third kappa shape index (κ3) is 1.95. The minimum absolute atomic E-state index is 0.0719. The van der Waals surface area contributed by atoms with Crippen molar-refractivity contribution in [1.82, 2.24) is 20.0 Å². The maximum atomic E-state index is 12.2. The summed E-state index contributed by atoms with van der Waals surface area (Å²) in [7, 11) is 1.67. The number of nitrogens with zero attached hydrogens (tertiary/aromatic N) is 3. The van der Waals surface area contributed by atoms with Crippen molar-refractivity contribution >= 4 is 17.5 Å². The lowest BCUT2D eigenvalue weighted by molar-refractivity contribution is -0.123. The number of carbonyl (C=O) groups is 2. The highest BCUT2D eigenvalue weighted by Crippen LogP contribution is 2.17. The van der Waals surface area contributed by atoms with Crippen LogP contribution in [0.3, 0.4) is 0 Å². The Bertz CT molecular complexity index is 479. The average molecular weight is 237 g/mol. The second-order valence-electron chi connectivity index (χ2n) is 4.05. The molecule has 2 amide bonds. The van der Waals surface area contributed by atoms with Crippen molar-refractivity contribution in [3.63, 3.8) is 0 Å². The molecule has 17 heavy (non-hydrogen) atoms. The molecule has 3 N–H and O–H groups in total. The molecule has 1 aliphatic rings. The largest absolute Gasteiger partial charge is 0.395 e. The first-order chi connectivity index (χ1) is 8.00. The molecule has 0 bridgehead atoms. The molecule has 1 aromatic heterocycles. The molecule has 0 unspecified atom stereocenters. The Hall–Kier alpha value is -2.05. The van der Waals surface area contributed by atoms with Crippen molar-refractivity contribution in [2.75, 3.05) is 25.4 Å². The molecule has 2 heterocycles. The summed E-state index contributed by atoms with van der Waals surface area (Å²) in [5.74, 6) is -0.400.